The van der Waals surface area contributed by atoms with Gasteiger partial charge in [0.25, 0.3) is 5.91 Å². The maximum atomic E-state index is 11.8. The van der Waals surface area contributed by atoms with E-state index in [2.05, 4.69) is 24.4 Å². The van der Waals surface area contributed by atoms with E-state index >= 15 is 0 Å². The minimum atomic E-state index is -0.366. The van der Waals surface area contributed by atoms with Crippen molar-refractivity contribution in [3.63, 3.8) is 0 Å². The second-order valence-electron chi connectivity index (χ2n) is 6.24. The molecule has 2 aromatic rings. The lowest BCUT2D eigenvalue weighted by Crippen LogP contribution is -2.30. The summed E-state index contributed by atoms with van der Waals surface area (Å²) in [5, 5.41) is 2.75. The fourth-order valence-corrected chi connectivity index (χ4v) is 2.70. The Labute approximate surface area is 160 Å². The van der Waals surface area contributed by atoms with Crippen LogP contribution in [0.2, 0.25) is 0 Å². The zero-order valence-corrected chi connectivity index (χ0v) is 16.0. The van der Waals surface area contributed by atoms with Gasteiger partial charge in [-0.25, -0.2) is 0 Å². The molecular formula is C22H27NO4. The first-order valence-corrected chi connectivity index (χ1v) is 9.24. The zero-order valence-electron chi connectivity index (χ0n) is 16.0. The number of aryl methyl sites for hydroxylation is 2. The number of para-hydroxylation sites is 1. The van der Waals surface area contributed by atoms with Gasteiger partial charge in [-0.3, -0.25) is 9.59 Å². The molecule has 2 rings (SSSR count). The number of hydrogen-bond donors (Lipinski definition) is 1. The average molecular weight is 369 g/mol. The van der Waals surface area contributed by atoms with Gasteiger partial charge in [0, 0.05) is 13.0 Å². The first kappa shape index (κ1) is 20.5. The molecule has 0 fully saturated rings. The fraction of sp³-hybridized carbons (Fsp3) is 0.364. The van der Waals surface area contributed by atoms with Gasteiger partial charge >= 0.3 is 5.97 Å². The van der Waals surface area contributed by atoms with Crippen LogP contribution in [0, 0.1) is 0 Å². The molecule has 0 spiro atoms. The molecule has 0 bridgehead atoms. The van der Waals surface area contributed by atoms with E-state index in [1.54, 1.807) is 7.11 Å². The maximum Gasteiger partial charge on any atom is 0.306 e. The lowest BCUT2D eigenvalue weighted by molar-refractivity contribution is -0.148. The molecular weight excluding hydrogens is 342 g/mol. The van der Waals surface area contributed by atoms with Crippen LogP contribution in [-0.4, -0.2) is 32.1 Å². The van der Waals surface area contributed by atoms with Crippen molar-refractivity contribution >= 4 is 11.9 Å². The van der Waals surface area contributed by atoms with Crippen molar-refractivity contribution in [3.8, 4) is 5.75 Å². The zero-order chi connectivity index (χ0) is 19.5. The van der Waals surface area contributed by atoms with Gasteiger partial charge in [0.2, 0.25) is 0 Å². The molecule has 0 atom stereocenters. The summed E-state index contributed by atoms with van der Waals surface area (Å²) in [7, 11) is 1.62. The molecule has 1 N–H and O–H groups in total. The number of carbonyl (C=O) groups is 2. The van der Waals surface area contributed by atoms with Crippen molar-refractivity contribution < 1.29 is 19.1 Å². The summed E-state index contributed by atoms with van der Waals surface area (Å²) in [4.78, 5) is 23.6. The first-order valence-electron chi connectivity index (χ1n) is 9.24. The normalized spacial score (nSPS) is 10.3. The smallest absolute Gasteiger partial charge is 0.306 e. The summed E-state index contributed by atoms with van der Waals surface area (Å²) in [6, 6.07) is 15.8. The fourth-order valence-electron chi connectivity index (χ4n) is 2.70. The van der Waals surface area contributed by atoms with Crippen molar-refractivity contribution in [2.75, 3.05) is 20.3 Å². The van der Waals surface area contributed by atoms with E-state index in [9.17, 15) is 9.59 Å². The van der Waals surface area contributed by atoms with Gasteiger partial charge in [0.1, 0.15) is 5.75 Å². The number of esters is 1. The van der Waals surface area contributed by atoms with Crippen molar-refractivity contribution in [2.24, 2.45) is 0 Å². The molecule has 0 aliphatic heterocycles. The Hall–Kier alpha value is -2.82. The highest BCUT2D eigenvalue weighted by atomic mass is 16.5. The monoisotopic (exact) mass is 369 g/mol. The van der Waals surface area contributed by atoms with E-state index in [0.717, 1.165) is 23.3 Å². The molecule has 0 heterocycles. The molecule has 0 radical (unpaired) electrons. The third-order valence-corrected chi connectivity index (χ3v) is 4.32. The van der Waals surface area contributed by atoms with E-state index < -0.39 is 0 Å². The van der Waals surface area contributed by atoms with Crippen LogP contribution < -0.4 is 10.1 Å². The highest BCUT2D eigenvalue weighted by Crippen LogP contribution is 2.17. The third-order valence-electron chi connectivity index (χ3n) is 4.32. The molecule has 144 valence electrons. The standard InChI is InChI=1S/C22H27NO4/c1-3-17-8-10-18(11-9-17)12-13-22(25)27-16-21(24)23-15-14-19-6-4-5-7-20(19)26-2/h4-11H,3,12-16H2,1-2H3,(H,23,24). The van der Waals surface area contributed by atoms with Crippen LogP contribution in [0.15, 0.2) is 48.5 Å². The number of nitrogens with one attached hydrogen (secondary N) is 1. The summed E-state index contributed by atoms with van der Waals surface area (Å²) in [6.45, 7) is 2.31. The Kier molecular flexibility index (Phi) is 8.36. The summed E-state index contributed by atoms with van der Waals surface area (Å²) in [6.07, 6.45) is 2.52. The predicted molar refractivity (Wildman–Crippen MR) is 105 cm³/mol. The molecule has 0 saturated heterocycles. The molecule has 0 aliphatic carbocycles. The van der Waals surface area contributed by atoms with Gasteiger partial charge in [0.05, 0.1) is 7.11 Å². The minimum Gasteiger partial charge on any atom is -0.496 e. The number of carbonyl (C=O) groups excluding carboxylic acids is 2. The van der Waals surface area contributed by atoms with Crippen molar-refractivity contribution in [3.05, 3.63) is 65.2 Å². The van der Waals surface area contributed by atoms with E-state index in [-0.39, 0.29) is 24.9 Å². The number of amides is 1. The molecule has 0 unspecified atom stereocenters. The molecule has 5 nitrogen and oxygen atoms in total. The molecule has 5 heteroatoms. The highest BCUT2D eigenvalue weighted by molar-refractivity contribution is 5.80. The SMILES string of the molecule is CCc1ccc(CCC(=O)OCC(=O)NCCc2ccccc2OC)cc1. The highest BCUT2D eigenvalue weighted by Gasteiger charge is 2.08. The second kappa shape index (κ2) is 11.0. The lowest BCUT2D eigenvalue weighted by Gasteiger charge is -2.09. The molecule has 1 amide bonds. The Bertz CT molecular complexity index is 740. The van der Waals surface area contributed by atoms with Crippen LogP contribution in [0.25, 0.3) is 0 Å². The van der Waals surface area contributed by atoms with E-state index in [0.29, 0.717) is 19.4 Å². The van der Waals surface area contributed by atoms with Crippen LogP contribution in [0.1, 0.15) is 30.0 Å². The Morgan fingerprint density at radius 3 is 2.37 bits per heavy atom. The van der Waals surface area contributed by atoms with E-state index in [4.69, 9.17) is 9.47 Å². The van der Waals surface area contributed by atoms with Gasteiger partial charge in [-0.2, -0.15) is 0 Å². The third kappa shape index (κ3) is 7.13. The summed E-state index contributed by atoms with van der Waals surface area (Å²) >= 11 is 0. The van der Waals surface area contributed by atoms with E-state index in [1.807, 2.05) is 36.4 Å². The Balaban J connectivity index is 1.63. The van der Waals surface area contributed by atoms with Crippen molar-refractivity contribution in [1.29, 1.82) is 0 Å². The van der Waals surface area contributed by atoms with Gasteiger partial charge in [-0.05, 0) is 42.0 Å². The maximum absolute atomic E-state index is 11.8. The Morgan fingerprint density at radius 1 is 0.963 bits per heavy atom. The second-order valence-corrected chi connectivity index (χ2v) is 6.24. The largest absolute Gasteiger partial charge is 0.496 e. The molecule has 0 aromatic heterocycles. The minimum absolute atomic E-state index is 0.250. The Morgan fingerprint density at radius 2 is 1.67 bits per heavy atom. The van der Waals surface area contributed by atoms with Crippen LogP contribution in [-0.2, 0) is 33.6 Å². The topological polar surface area (TPSA) is 64.6 Å². The molecule has 0 saturated carbocycles. The number of ether oxygens (including phenoxy) is 2. The number of hydrogen-bond acceptors (Lipinski definition) is 4. The van der Waals surface area contributed by atoms with Crippen molar-refractivity contribution in [2.45, 2.75) is 32.6 Å². The number of rotatable bonds is 10. The predicted octanol–water partition coefficient (Wildman–Crippen LogP) is 3.09. The van der Waals surface area contributed by atoms with Crippen LogP contribution in [0.4, 0.5) is 0 Å². The van der Waals surface area contributed by atoms with Crippen molar-refractivity contribution in [1.82, 2.24) is 5.32 Å². The lowest BCUT2D eigenvalue weighted by atomic mass is 10.1. The van der Waals surface area contributed by atoms with Gasteiger partial charge in [-0.1, -0.05) is 49.4 Å². The molecule has 27 heavy (non-hydrogen) atoms. The number of benzene rings is 2. The first-order chi connectivity index (χ1) is 13.1. The summed E-state index contributed by atoms with van der Waals surface area (Å²) in [5.41, 5.74) is 3.38. The number of methoxy groups -OCH3 is 1. The summed E-state index contributed by atoms with van der Waals surface area (Å²) < 4.78 is 10.3. The molecule has 2 aromatic carbocycles. The van der Waals surface area contributed by atoms with Crippen LogP contribution >= 0.6 is 0 Å². The van der Waals surface area contributed by atoms with Gasteiger partial charge in [0.15, 0.2) is 6.61 Å². The summed E-state index contributed by atoms with van der Waals surface area (Å²) in [5.74, 6) is 0.130. The van der Waals surface area contributed by atoms with E-state index in [1.165, 1.54) is 5.56 Å². The van der Waals surface area contributed by atoms with Gasteiger partial charge in [-0.15, -0.1) is 0 Å². The quantitative estimate of drug-likeness (QED) is 0.654. The average Bonchev–Trinajstić information content (AvgIpc) is 2.71. The molecule has 0 aliphatic rings. The van der Waals surface area contributed by atoms with Crippen LogP contribution in [0.3, 0.4) is 0 Å². The van der Waals surface area contributed by atoms with Crippen LogP contribution in [0.5, 0.6) is 5.75 Å². The van der Waals surface area contributed by atoms with Gasteiger partial charge < -0.3 is 14.8 Å².